The Balaban J connectivity index is 1.81. The van der Waals surface area contributed by atoms with Gasteiger partial charge in [-0.1, -0.05) is 37.8 Å². The third-order valence-corrected chi connectivity index (χ3v) is 4.07. The molecule has 2 rings (SSSR count). The van der Waals surface area contributed by atoms with Crippen LogP contribution in [0.15, 0.2) is 6.20 Å². The maximum Gasteiger partial charge on any atom is 0.318 e. The summed E-state index contributed by atoms with van der Waals surface area (Å²) >= 11 is 6.05. The first-order valence-electron chi connectivity index (χ1n) is 6.99. The number of nitrogens with one attached hydrogen (secondary N) is 1. The number of anilines is 1. The molecule has 0 radical (unpaired) electrons. The van der Waals surface area contributed by atoms with Gasteiger partial charge in [0.15, 0.2) is 5.82 Å². The van der Waals surface area contributed by atoms with E-state index in [1.165, 1.54) is 32.1 Å². The first-order chi connectivity index (χ1) is 9.19. The zero-order valence-electron chi connectivity index (χ0n) is 11.7. The van der Waals surface area contributed by atoms with Crippen LogP contribution in [0.5, 0.6) is 6.01 Å². The lowest BCUT2D eigenvalue weighted by atomic mass is 9.81. The van der Waals surface area contributed by atoms with Crippen LogP contribution in [-0.4, -0.2) is 23.6 Å². The Bertz CT molecular complexity index is 414. The summed E-state index contributed by atoms with van der Waals surface area (Å²) in [6.07, 6.45) is 8.20. The molecule has 0 saturated heterocycles. The summed E-state index contributed by atoms with van der Waals surface area (Å²) in [7, 11) is 1.55. The first kappa shape index (κ1) is 14.4. The lowest BCUT2D eigenvalue weighted by Crippen LogP contribution is -2.17. The third-order valence-electron chi connectivity index (χ3n) is 3.79. The molecule has 106 valence electrons. The second-order valence-corrected chi connectivity index (χ2v) is 5.81. The van der Waals surface area contributed by atoms with Gasteiger partial charge in [-0.05, 0) is 24.7 Å². The van der Waals surface area contributed by atoms with Gasteiger partial charge < -0.3 is 10.1 Å². The zero-order valence-corrected chi connectivity index (χ0v) is 12.4. The number of methoxy groups -OCH3 is 1. The summed E-state index contributed by atoms with van der Waals surface area (Å²) in [5, 5.41) is 3.83. The quantitative estimate of drug-likeness (QED) is 0.894. The number of aromatic nitrogens is 2. The Hall–Kier alpha value is -1.03. The molecule has 1 aliphatic carbocycles. The standard InChI is InChI=1S/C14H22ClN3O/c1-10-4-3-5-11(8-10)6-7-16-13-12(15)9-17-14(18-13)19-2/h9-11H,3-8H2,1-2H3,(H,16,17,18). The molecule has 1 N–H and O–H groups in total. The second kappa shape index (κ2) is 6.94. The maximum atomic E-state index is 6.05. The summed E-state index contributed by atoms with van der Waals surface area (Å²) in [6, 6.07) is 0.346. The van der Waals surface area contributed by atoms with Crippen LogP contribution < -0.4 is 10.1 Å². The highest BCUT2D eigenvalue weighted by molar-refractivity contribution is 6.32. The molecule has 1 aromatic rings. The van der Waals surface area contributed by atoms with Gasteiger partial charge in [0.1, 0.15) is 5.02 Å². The Morgan fingerprint density at radius 3 is 3.05 bits per heavy atom. The van der Waals surface area contributed by atoms with E-state index in [-0.39, 0.29) is 0 Å². The van der Waals surface area contributed by atoms with Crippen molar-refractivity contribution in [3.8, 4) is 6.01 Å². The van der Waals surface area contributed by atoms with Crippen LogP contribution in [0.25, 0.3) is 0 Å². The largest absolute Gasteiger partial charge is 0.467 e. The van der Waals surface area contributed by atoms with E-state index in [0.29, 0.717) is 16.9 Å². The smallest absolute Gasteiger partial charge is 0.318 e. The fourth-order valence-electron chi connectivity index (χ4n) is 2.79. The fraction of sp³-hybridized carbons (Fsp3) is 0.714. The maximum absolute atomic E-state index is 6.05. The molecule has 0 aliphatic heterocycles. The van der Waals surface area contributed by atoms with Crippen LogP contribution in [0.3, 0.4) is 0 Å². The highest BCUT2D eigenvalue weighted by atomic mass is 35.5. The van der Waals surface area contributed by atoms with Crippen molar-refractivity contribution in [1.29, 1.82) is 0 Å². The SMILES string of the molecule is COc1ncc(Cl)c(NCCC2CCCC(C)C2)n1. The molecule has 0 amide bonds. The molecule has 19 heavy (non-hydrogen) atoms. The summed E-state index contributed by atoms with van der Waals surface area (Å²) in [4.78, 5) is 8.17. The van der Waals surface area contributed by atoms with Crippen LogP contribution in [0.1, 0.15) is 39.0 Å². The number of ether oxygens (including phenoxy) is 1. The van der Waals surface area contributed by atoms with Crippen LogP contribution in [-0.2, 0) is 0 Å². The van der Waals surface area contributed by atoms with Crippen molar-refractivity contribution in [2.75, 3.05) is 19.0 Å². The minimum Gasteiger partial charge on any atom is -0.467 e. The van der Waals surface area contributed by atoms with E-state index in [0.717, 1.165) is 18.4 Å². The van der Waals surface area contributed by atoms with E-state index in [4.69, 9.17) is 16.3 Å². The van der Waals surface area contributed by atoms with Gasteiger partial charge in [0, 0.05) is 6.54 Å². The number of rotatable bonds is 5. The molecule has 2 unspecified atom stereocenters. The predicted octanol–water partition coefficient (Wildman–Crippen LogP) is 3.77. The Morgan fingerprint density at radius 2 is 2.32 bits per heavy atom. The predicted molar refractivity (Wildman–Crippen MR) is 77.8 cm³/mol. The number of hydrogen-bond acceptors (Lipinski definition) is 4. The van der Waals surface area contributed by atoms with Crippen molar-refractivity contribution in [3.05, 3.63) is 11.2 Å². The van der Waals surface area contributed by atoms with Gasteiger partial charge in [-0.25, -0.2) is 4.98 Å². The molecule has 4 nitrogen and oxygen atoms in total. The second-order valence-electron chi connectivity index (χ2n) is 5.41. The van der Waals surface area contributed by atoms with Gasteiger partial charge >= 0.3 is 6.01 Å². The molecule has 0 aromatic carbocycles. The highest BCUT2D eigenvalue weighted by Gasteiger charge is 2.18. The molecular weight excluding hydrogens is 262 g/mol. The minimum absolute atomic E-state index is 0.346. The van der Waals surface area contributed by atoms with Crippen LogP contribution in [0.2, 0.25) is 5.02 Å². The molecule has 1 heterocycles. The molecule has 1 aromatic heterocycles. The molecule has 0 spiro atoms. The Morgan fingerprint density at radius 1 is 1.47 bits per heavy atom. The third kappa shape index (κ3) is 4.23. The van der Waals surface area contributed by atoms with Crippen molar-refractivity contribution >= 4 is 17.4 Å². The van der Waals surface area contributed by atoms with Crippen molar-refractivity contribution in [1.82, 2.24) is 9.97 Å². The fourth-order valence-corrected chi connectivity index (χ4v) is 2.95. The van der Waals surface area contributed by atoms with E-state index >= 15 is 0 Å². The molecule has 1 fully saturated rings. The lowest BCUT2D eigenvalue weighted by Gasteiger charge is -2.26. The number of halogens is 1. The molecule has 0 bridgehead atoms. The van der Waals surface area contributed by atoms with Gasteiger partial charge in [0.2, 0.25) is 0 Å². The molecule has 5 heteroatoms. The van der Waals surface area contributed by atoms with E-state index < -0.39 is 0 Å². The van der Waals surface area contributed by atoms with Gasteiger partial charge in [-0.15, -0.1) is 0 Å². The van der Waals surface area contributed by atoms with E-state index in [1.54, 1.807) is 13.3 Å². The van der Waals surface area contributed by atoms with Crippen LogP contribution in [0.4, 0.5) is 5.82 Å². The van der Waals surface area contributed by atoms with Gasteiger partial charge in [-0.3, -0.25) is 0 Å². The molecular formula is C14H22ClN3O. The van der Waals surface area contributed by atoms with Crippen molar-refractivity contribution < 1.29 is 4.74 Å². The number of hydrogen-bond donors (Lipinski definition) is 1. The normalized spacial score (nSPS) is 23.1. The topological polar surface area (TPSA) is 47.0 Å². The van der Waals surface area contributed by atoms with Gasteiger partial charge in [0.05, 0.1) is 13.3 Å². The van der Waals surface area contributed by atoms with Gasteiger partial charge in [-0.2, -0.15) is 4.98 Å². The van der Waals surface area contributed by atoms with E-state index in [9.17, 15) is 0 Å². The van der Waals surface area contributed by atoms with Crippen molar-refractivity contribution in [2.45, 2.75) is 39.0 Å². The van der Waals surface area contributed by atoms with Gasteiger partial charge in [0.25, 0.3) is 0 Å². The van der Waals surface area contributed by atoms with E-state index in [2.05, 4.69) is 22.2 Å². The minimum atomic E-state index is 0.346. The van der Waals surface area contributed by atoms with Crippen molar-refractivity contribution in [3.63, 3.8) is 0 Å². The Labute approximate surface area is 119 Å². The molecule has 1 saturated carbocycles. The zero-order chi connectivity index (χ0) is 13.7. The monoisotopic (exact) mass is 283 g/mol. The van der Waals surface area contributed by atoms with E-state index in [1.807, 2.05) is 0 Å². The first-order valence-corrected chi connectivity index (χ1v) is 7.37. The average Bonchev–Trinajstić information content (AvgIpc) is 2.41. The molecule has 1 aliphatic rings. The summed E-state index contributed by atoms with van der Waals surface area (Å²) < 4.78 is 5.00. The highest BCUT2D eigenvalue weighted by Crippen LogP contribution is 2.30. The van der Waals surface area contributed by atoms with Crippen LogP contribution in [0, 0.1) is 11.8 Å². The Kier molecular flexibility index (Phi) is 5.25. The average molecular weight is 284 g/mol. The summed E-state index contributed by atoms with van der Waals surface area (Å²) in [6.45, 7) is 3.25. The summed E-state index contributed by atoms with van der Waals surface area (Å²) in [5.41, 5.74) is 0. The lowest BCUT2D eigenvalue weighted by molar-refractivity contribution is 0.274. The summed E-state index contributed by atoms with van der Waals surface area (Å²) in [5.74, 6) is 2.37. The molecule has 2 atom stereocenters. The van der Waals surface area contributed by atoms with Crippen molar-refractivity contribution in [2.24, 2.45) is 11.8 Å². The number of nitrogens with zero attached hydrogens (tertiary/aromatic N) is 2. The van der Waals surface area contributed by atoms with Crippen LogP contribution >= 0.6 is 11.6 Å².